The van der Waals surface area contributed by atoms with E-state index in [0.29, 0.717) is 16.7 Å². The Balaban J connectivity index is 1.74. The van der Waals surface area contributed by atoms with Crippen molar-refractivity contribution in [1.82, 2.24) is 4.98 Å². The molecule has 0 unspecified atom stereocenters. The summed E-state index contributed by atoms with van der Waals surface area (Å²) < 4.78 is 5.48. The first-order valence-electron chi connectivity index (χ1n) is 8.02. The number of oxazole rings is 1. The largest absolute Gasteiger partial charge is 0.423 e. The number of amides is 1. The number of hydrogen-bond donors (Lipinski definition) is 3. The predicted octanol–water partition coefficient (Wildman–Crippen LogP) is 3.32. The molecule has 7 nitrogen and oxygen atoms in total. The molecule has 0 aliphatic heterocycles. The van der Waals surface area contributed by atoms with Gasteiger partial charge in [-0.25, -0.2) is 0 Å². The third-order valence-corrected chi connectivity index (χ3v) is 3.99. The van der Waals surface area contributed by atoms with Crippen molar-refractivity contribution in [2.75, 3.05) is 5.32 Å². The molecule has 0 fully saturated rings. The highest BCUT2D eigenvalue weighted by Crippen LogP contribution is 2.21. The quantitative estimate of drug-likeness (QED) is 0.493. The van der Waals surface area contributed by atoms with Crippen LogP contribution in [0.4, 0.5) is 6.01 Å². The lowest BCUT2D eigenvalue weighted by Crippen LogP contribution is -2.24. The van der Waals surface area contributed by atoms with Crippen LogP contribution in [0.25, 0.3) is 11.1 Å². The molecule has 2 aromatic carbocycles. The molecule has 4 N–H and O–H groups in total. The number of para-hydroxylation sites is 2. The van der Waals surface area contributed by atoms with E-state index in [1.807, 2.05) is 26.0 Å². The summed E-state index contributed by atoms with van der Waals surface area (Å²) in [7, 11) is 0. The van der Waals surface area contributed by atoms with E-state index in [9.17, 15) is 4.79 Å². The van der Waals surface area contributed by atoms with Crippen LogP contribution in [0.15, 0.2) is 57.9 Å². The molecule has 0 aliphatic rings. The Morgan fingerprint density at radius 3 is 2.58 bits per heavy atom. The van der Waals surface area contributed by atoms with Crippen LogP contribution in [0.3, 0.4) is 0 Å². The minimum absolute atomic E-state index is 0.106. The Hall–Kier alpha value is -3.48. The van der Waals surface area contributed by atoms with Gasteiger partial charge in [0.15, 0.2) is 5.58 Å². The Labute approximate surface area is 150 Å². The Bertz CT molecular complexity index is 954. The molecule has 1 aromatic heterocycles. The van der Waals surface area contributed by atoms with Gasteiger partial charge in [0.2, 0.25) is 5.96 Å². The summed E-state index contributed by atoms with van der Waals surface area (Å²) in [4.78, 5) is 20.3. The van der Waals surface area contributed by atoms with Gasteiger partial charge in [0.05, 0.1) is 0 Å². The third kappa shape index (κ3) is 3.61. The molecule has 0 bridgehead atoms. The SMILES string of the molecule is CC(C)(C=N)c1ccc(C(=O)/N=C(/N)Nc2nc3ccccc3o2)cc1. The number of nitrogens with zero attached hydrogens (tertiary/aromatic N) is 2. The first kappa shape index (κ1) is 17.3. The number of aromatic nitrogens is 1. The van der Waals surface area contributed by atoms with Crippen LogP contribution in [0.5, 0.6) is 0 Å². The molecule has 0 saturated carbocycles. The standard InChI is InChI=1S/C19H19N5O2/c1-19(2,11-20)13-9-7-12(8-10-13)16(25)23-17(21)24-18-22-14-5-3-4-6-15(14)26-18/h3-11,20H,1-2H3,(H3,21,22,23,24,25). The number of carbonyl (C=O) groups excluding carboxylic acids is 1. The lowest BCUT2D eigenvalue weighted by molar-refractivity contribution is 0.100. The number of aliphatic imine (C=N–C) groups is 1. The zero-order chi connectivity index (χ0) is 18.7. The molecule has 1 amide bonds. The van der Waals surface area contributed by atoms with Gasteiger partial charge in [-0.05, 0) is 29.8 Å². The van der Waals surface area contributed by atoms with Crippen LogP contribution in [0.1, 0.15) is 29.8 Å². The fourth-order valence-electron chi connectivity index (χ4n) is 2.36. The summed E-state index contributed by atoms with van der Waals surface area (Å²) in [5, 5.41) is 10.1. The molecule has 3 rings (SSSR count). The summed E-state index contributed by atoms with van der Waals surface area (Å²) in [6.45, 7) is 3.86. The van der Waals surface area contributed by atoms with E-state index in [2.05, 4.69) is 15.3 Å². The number of nitrogens with one attached hydrogen (secondary N) is 2. The Morgan fingerprint density at radius 1 is 1.23 bits per heavy atom. The van der Waals surface area contributed by atoms with Crippen molar-refractivity contribution >= 4 is 35.2 Å². The molecular formula is C19H19N5O2. The molecule has 0 aliphatic carbocycles. The van der Waals surface area contributed by atoms with Crippen molar-refractivity contribution in [3.8, 4) is 0 Å². The molecule has 0 atom stereocenters. The number of hydrogen-bond acceptors (Lipinski definition) is 4. The summed E-state index contributed by atoms with van der Waals surface area (Å²) in [5.41, 5.74) is 8.01. The number of benzene rings is 2. The maximum absolute atomic E-state index is 12.2. The van der Waals surface area contributed by atoms with Crippen LogP contribution in [0, 0.1) is 5.41 Å². The average Bonchev–Trinajstić information content (AvgIpc) is 3.03. The zero-order valence-corrected chi connectivity index (χ0v) is 14.5. The van der Waals surface area contributed by atoms with Crippen LogP contribution >= 0.6 is 0 Å². The van der Waals surface area contributed by atoms with Gasteiger partial charge >= 0.3 is 6.01 Å². The lowest BCUT2D eigenvalue weighted by Gasteiger charge is -2.19. The number of anilines is 1. The molecule has 3 aromatic rings. The van der Waals surface area contributed by atoms with Gasteiger partial charge in [-0.2, -0.15) is 9.98 Å². The molecule has 26 heavy (non-hydrogen) atoms. The minimum atomic E-state index is -0.481. The van der Waals surface area contributed by atoms with E-state index in [4.69, 9.17) is 15.6 Å². The number of carbonyl (C=O) groups is 1. The van der Waals surface area contributed by atoms with Crippen molar-refractivity contribution in [1.29, 1.82) is 5.41 Å². The van der Waals surface area contributed by atoms with Gasteiger partial charge in [0, 0.05) is 17.2 Å². The topological polar surface area (TPSA) is 117 Å². The van der Waals surface area contributed by atoms with Crippen molar-refractivity contribution in [2.45, 2.75) is 19.3 Å². The second-order valence-corrected chi connectivity index (χ2v) is 6.36. The van der Waals surface area contributed by atoms with Gasteiger partial charge in [-0.3, -0.25) is 10.1 Å². The number of guanidine groups is 1. The highest BCUT2D eigenvalue weighted by molar-refractivity contribution is 6.05. The van der Waals surface area contributed by atoms with Gasteiger partial charge in [-0.15, -0.1) is 0 Å². The van der Waals surface area contributed by atoms with Gasteiger partial charge in [0.25, 0.3) is 5.91 Å². The molecule has 132 valence electrons. The number of nitrogens with two attached hydrogens (primary N) is 1. The summed E-state index contributed by atoms with van der Waals surface area (Å²) in [5.74, 6) is -0.587. The molecule has 0 saturated heterocycles. The highest BCUT2D eigenvalue weighted by Gasteiger charge is 2.17. The van der Waals surface area contributed by atoms with Gasteiger partial charge in [-0.1, -0.05) is 38.1 Å². The van der Waals surface area contributed by atoms with Crippen molar-refractivity contribution in [3.05, 3.63) is 59.7 Å². The van der Waals surface area contributed by atoms with Crippen LogP contribution < -0.4 is 11.1 Å². The zero-order valence-electron chi connectivity index (χ0n) is 14.5. The van der Waals surface area contributed by atoms with E-state index in [-0.39, 0.29) is 12.0 Å². The summed E-state index contributed by atoms with van der Waals surface area (Å²) >= 11 is 0. The van der Waals surface area contributed by atoms with E-state index >= 15 is 0 Å². The summed E-state index contributed by atoms with van der Waals surface area (Å²) in [6.07, 6.45) is 1.37. The van der Waals surface area contributed by atoms with E-state index in [0.717, 1.165) is 5.56 Å². The number of rotatable bonds is 4. The van der Waals surface area contributed by atoms with Crippen molar-refractivity contribution < 1.29 is 9.21 Å². The fraction of sp³-hybridized carbons (Fsp3) is 0.158. The smallest absolute Gasteiger partial charge is 0.302 e. The van der Waals surface area contributed by atoms with Crippen LogP contribution in [-0.2, 0) is 5.41 Å². The third-order valence-electron chi connectivity index (χ3n) is 3.99. The Morgan fingerprint density at radius 2 is 1.92 bits per heavy atom. The normalized spacial score (nSPS) is 12.2. The monoisotopic (exact) mass is 349 g/mol. The predicted molar refractivity (Wildman–Crippen MR) is 102 cm³/mol. The summed E-state index contributed by atoms with van der Waals surface area (Å²) in [6, 6.07) is 14.4. The number of fused-ring (bicyclic) bond motifs is 1. The van der Waals surface area contributed by atoms with Crippen molar-refractivity contribution in [3.63, 3.8) is 0 Å². The van der Waals surface area contributed by atoms with E-state index in [1.165, 1.54) is 6.21 Å². The molecule has 0 spiro atoms. The van der Waals surface area contributed by atoms with Gasteiger partial charge in [0.1, 0.15) is 5.52 Å². The second kappa shape index (κ2) is 6.79. The molecule has 7 heteroatoms. The van der Waals surface area contributed by atoms with Gasteiger partial charge < -0.3 is 15.6 Å². The second-order valence-electron chi connectivity index (χ2n) is 6.36. The maximum atomic E-state index is 12.2. The van der Waals surface area contributed by atoms with E-state index < -0.39 is 11.3 Å². The van der Waals surface area contributed by atoms with Crippen LogP contribution in [-0.4, -0.2) is 23.1 Å². The van der Waals surface area contributed by atoms with Crippen molar-refractivity contribution in [2.24, 2.45) is 10.7 Å². The average molecular weight is 349 g/mol. The Kier molecular flexibility index (Phi) is 4.53. The maximum Gasteiger partial charge on any atom is 0.302 e. The highest BCUT2D eigenvalue weighted by atomic mass is 16.4. The molecule has 0 radical (unpaired) electrons. The fourth-order valence-corrected chi connectivity index (χ4v) is 2.36. The first-order chi connectivity index (χ1) is 12.4. The molecule has 1 heterocycles. The lowest BCUT2D eigenvalue weighted by atomic mass is 9.85. The van der Waals surface area contributed by atoms with Crippen LogP contribution in [0.2, 0.25) is 0 Å². The molecular weight excluding hydrogens is 330 g/mol. The minimum Gasteiger partial charge on any atom is -0.423 e. The van der Waals surface area contributed by atoms with E-state index in [1.54, 1.807) is 36.4 Å². The first-order valence-corrected chi connectivity index (χ1v) is 8.02.